The van der Waals surface area contributed by atoms with Gasteiger partial charge in [-0.3, -0.25) is 4.98 Å². The minimum Gasteiger partial charge on any atom is -0.264 e. The maximum absolute atomic E-state index is 4.87. The number of hydrogen-bond donors (Lipinski definition) is 0. The fourth-order valence-electron chi connectivity index (χ4n) is 6.12. The molecule has 3 nitrogen and oxygen atoms in total. The lowest BCUT2D eigenvalue weighted by Crippen LogP contribution is -1.87. The normalized spacial score (nSPS) is 11.3. The molecule has 0 saturated heterocycles. The van der Waals surface area contributed by atoms with Crippen molar-refractivity contribution >= 4 is 43.1 Å². The second kappa shape index (κ2) is 12.1. The number of hydrogen-bond acceptors (Lipinski definition) is 5. The molecule has 0 radical (unpaired) electrons. The first kappa shape index (κ1) is 28.5. The molecule has 3 heterocycles. The molecular formula is C43H27N3S2. The fourth-order valence-corrected chi connectivity index (χ4v) is 8.06. The number of aromatic nitrogens is 3. The Kier molecular flexibility index (Phi) is 7.19. The van der Waals surface area contributed by atoms with Crippen LogP contribution in [0.15, 0.2) is 164 Å². The lowest BCUT2D eigenvalue weighted by atomic mass is 9.92. The Morgan fingerprint density at radius 2 is 0.729 bits per heavy atom. The highest BCUT2D eigenvalue weighted by Gasteiger charge is 2.12. The molecule has 0 bridgehead atoms. The first-order valence-corrected chi connectivity index (χ1v) is 17.5. The second-order valence-corrected chi connectivity index (χ2v) is 13.8. The van der Waals surface area contributed by atoms with Crippen LogP contribution in [0.2, 0.25) is 0 Å². The van der Waals surface area contributed by atoms with E-state index in [0.29, 0.717) is 0 Å². The maximum Gasteiger partial charge on any atom is 0.124 e. The average molecular weight is 650 g/mol. The van der Waals surface area contributed by atoms with Gasteiger partial charge in [-0.2, -0.15) is 0 Å². The quantitative estimate of drug-likeness (QED) is 0.180. The standard InChI is InChI=1S/C43H27N3S2/c1-3-9-40-38(7-1)45-42(47-40)32-19-15-30(16-20-32)36-24-35(29-13-11-28(12-14-29)34-6-5-23-44-27-34)25-37(26-36)31-17-21-33(22-18-31)43-46-39-8-2-4-10-41(39)48-43/h1-27H. The van der Waals surface area contributed by atoms with Crippen molar-refractivity contribution in [3.8, 4) is 65.6 Å². The zero-order chi connectivity index (χ0) is 31.9. The number of fused-ring (bicyclic) bond motifs is 2. The molecule has 0 unspecified atom stereocenters. The van der Waals surface area contributed by atoms with E-state index in [4.69, 9.17) is 9.97 Å². The number of benzene rings is 6. The van der Waals surface area contributed by atoms with Gasteiger partial charge in [0.25, 0.3) is 0 Å². The summed E-state index contributed by atoms with van der Waals surface area (Å²) in [5, 5.41) is 2.08. The highest BCUT2D eigenvalue weighted by Crippen LogP contribution is 2.37. The van der Waals surface area contributed by atoms with Gasteiger partial charge in [0, 0.05) is 23.5 Å². The summed E-state index contributed by atoms with van der Waals surface area (Å²) in [5.74, 6) is 0. The van der Waals surface area contributed by atoms with Gasteiger partial charge in [0.1, 0.15) is 10.0 Å². The van der Waals surface area contributed by atoms with Gasteiger partial charge in [0.15, 0.2) is 0 Å². The van der Waals surface area contributed by atoms with Crippen molar-refractivity contribution in [1.29, 1.82) is 0 Å². The van der Waals surface area contributed by atoms with E-state index in [9.17, 15) is 0 Å². The molecule has 3 aromatic heterocycles. The van der Waals surface area contributed by atoms with Crippen molar-refractivity contribution in [2.45, 2.75) is 0 Å². The van der Waals surface area contributed by atoms with Gasteiger partial charge in [-0.25, -0.2) is 9.97 Å². The summed E-state index contributed by atoms with van der Waals surface area (Å²) in [4.78, 5) is 14.0. The van der Waals surface area contributed by atoms with E-state index >= 15 is 0 Å². The van der Waals surface area contributed by atoms with Crippen LogP contribution in [0.1, 0.15) is 0 Å². The SMILES string of the molecule is c1cncc(-c2ccc(-c3cc(-c4ccc(-c5nc6ccccc6s5)cc4)cc(-c4ccc(-c5nc6ccccc6s5)cc4)c3)cc2)c1. The smallest absolute Gasteiger partial charge is 0.124 e. The molecule has 6 aromatic carbocycles. The third-order valence-electron chi connectivity index (χ3n) is 8.66. The molecule has 0 N–H and O–H groups in total. The summed E-state index contributed by atoms with van der Waals surface area (Å²) in [6, 6.07) is 54.0. The molecule has 5 heteroatoms. The fraction of sp³-hybridized carbons (Fsp3) is 0. The summed E-state index contributed by atoms with van der Waals surface area (Å²) in [5.41, 5.74) is 13.6. The number of rotatable bonds is 6. The molecule has 48 heavy (non-hydrogen) atoms. The van der Waals surface area contributed by atoms with Crippen molar-refractivity contribution in [1.82, 2.24) is 15.0 Å². The monoisotopic (exact) mass is 649 g/mol. The third-order valence-corrected chi connectivity index (χ3v) is 10.8. The summed E-state index contributed by atoms with van der Waals surface area (Å²) in [6.45, 7) is 0. The van der Waals surface area contributed by atoms with Crippen LogP contribution in [0.3, 0.4) is 0 Å². The van der Waals surface area contributed by atoms with E-state index in [1.165, 1.54) is 42.8 Å². The largest absolute Gasteiger partial charge is 0.264 e. The van der Waals surface area contributed by atoms with Crippen molar-refractivity contribution in [2.75, 3.05) is 0 Å². The van der Waals surface area contributed by atoms with Crippen molar-refractivity contribution in [2.24, 2.45) is 0 Å². The van der Waals surface area contributed by atoms with Crippen LogP contribution >= 0.6 is 22.7 Å². The number of nitrogens with zero attached hydrogens (tertiary/aromatic N) is 3. The highest BCUT2D eigenvalue weighted by atomic mass is 32.1. The minimum absolute atomic E-state index is 1.04. The van der Waals surface area contributed by atoms with Gasteiger partial charge in [-0.1, -0.05) is 103 Å². The van der Waals surface area contributed by atoms with Crippen LogP contribution in [-0.2, 0) is 0 Å². The molecule has 226 valence electrons. The molecule has 0 amide bonds. The van der Waals surface area contributed by atoms with Gasteiger partial charge in [-0.15, -0.1) is 22.7 Å². The molecule has 9 aromatic rings. The Labute approximate surface area is 286 Å². The van der Waals surface area contributed by atoms with Crippen LogP contribution in [-0.4, -0.2) is 15.0 Å². The first-order valence-electron chi connectivity index (χ1n) is 15.8. The highest BCUT2D eigenvalue weighted by molar-refractivity contribution is 7.22. The van der Waals surface area contributed by atoms with Crippen LogP contribution < -0.4 is 0 Å². The van der Waals surface area contributed by atoms with Gasteiger partial charge in [-0.05, 0) is 93.0 Å². The Hall–Kier alpha value is -5.75. The zero-order valence-electron chi connectivity index (χ0n) is 25.7. The van der Waals surface area contributed by atoms with Gasteiger partial charge in [0.2, 0.25) is 0 Å². The lowest BCUT2D eigenvalue weighted by molar-refractivity contribution is 1.33. The molecule has 0 aliphatic heterocycles. The molecule has 0 atom stereocenters. The summed E-state index contributed by atoms with van der Waals surface area (Å²) in [7, 11) is 0. The van der Waals surface area contributed by atoms with E-state index in [-0.39, 0.29) is 0 Å². The van der Waals surface area contributed by atoms with Crippen molar-refractivity contribution in [3.05, 3.63) is 164 Å². The van der Waals surface area contributed by atoms with E-state index in [0.717, 1.165) is 43.3 Å². The zero-order valence-corrected chi connectivity index (χ0v) is 27.4. The predicted molar refractivity (Wildman–Crippen MR) is 203 cm³/mol. The molecular weight excluding hydrogens is 623 g/mol. The third kappa shape index (κ3) is 5.49. The average Bonchev–Trinajstić information content (AvgIpc) is 3.80. The van der Waals surface area contributed by atoms with E-state index < -0.39 is 0 Å². The predicted octanol–water partition coefficient (Wildman–Crippen LogP) is 12.3. The Bertz CT molecular complexity index is 2330. The summed E-state index contributed by atoms with van der Waals surface area (Å²) in [6.07, 6.45) is 3.71. The minimum atomic E-state index is 1.04. The van der Waals surface area contributed by atoms with Crippen LogP contribution in [0.5, 0.6) is 0 Å². The molecule has 0 aliphatic rings. The van der Waals surface area contributed by atoms with Gasteiger partial charge < -0.3 is 0 Å². The van der Waals surface area contributed by atoms with Crippen LogP contribution in [0.25, 0.3) is 86.1 Å². The summed E-state index contributed by atoms with van der Waals surface area (Å²) >= 11 is 3.47. The number of para-hydroxylation sites is 2. The van der Waals surface area contributed by atoms with E-state index in [2.05, 4.69) is 138 Å². The number of thiazole rings is 2. The molecule has 0 fully saturated rings. The Morgan fingerprint density at radius 1 is 0.333 bits per heavy atom. The van der Waals surface area contributed by atoms with Crippen molar-refractivity contribution < 1.29 is 0 Å². The lowest BCUT2D eigenvalue weighted by Gasteiger charge is -2.13. The van der Waals surface area contributed by atoms with Gasteiger partial charge >= 0.3 is 0 Å². The Balaban J connectivity index is 1.10. The second-order valence-electron chi connectivity index (χ2n) is 11.7. The molecule has 0 saturated carbocycles. The van der Waals surface area contributed by atoms with Gasteiger partial charge in [0.05, 0.1) is 20.4 Å². The van der Waals surface area contributed by atoms with E-state index in [1.807, 2.05) is 30.6 Å². The Morgan fingerprint density at radius 3 is 1.12 bits per heavy atom. The number of pyridine rings is 1. The molecule has 9 rings (SSSR count). The molecule has 0 aliphatic carbocycles. The summed E-state index contributed by atoms with van der Waals surface area (Å²) < 4.78 is 2.41. The van der Waals surface area contributed by atoms with E-state index in [1.54, 1.807) is 22.7 Å². The van der Waals surface area contributed by atoms with Crippen LogP contribution in [0, 0.1) is 0 Å². The molecule has 0 spiro atoms. The first-order chi connectivity index (χ1) is 23.7. The van der Waals surface area contributed by atoms with Crippen LogP contribution in [0.4, 0.5) is 0 Å². The van der Waals surface area contributed by atoms with Crippen molar-refractivity contribution in [3.63, 3.8) is 0 Å². The topological polar surface area (TPSA) is 38.7 Å². The maximum atomic E-state index is 4.87.